The van der Waals surface area contributed by atoms with Crippen LogP contribution >= 0.6 is 24.0 Å². The van der Waals surface area contributed by atoms with Crippen LogP contribution in [0.5, 0.6) is 0 Å². The van der Waals surface area contributed by atoms with Crippen molar-refractivity contribution in [2.75, 3.05) is 32.1 Å². The minimum atomic E-state index is -2.91. The third kappa shape index (κ3) is 5.76. The van der Waals surface area contributed by atoms with Crippen molar-refractivity contribution < 1.29 is 8.42 Å². The van der Waals surface area contributed by atoms with E-state index in [9.17, 15) is 8.42 Å². The summed E-state index contributed by atoms with van der Waals surface area (Å²) in [5.74, 6) is 1.12. The second-order valence-corrected chi connectivity index (χ2v) is 10.7. The topological polar surface area (TPSA) is 61.8 Å². The van der Waals surface area contributed by atoms with Crippen molar-refractivity contribution in [3.8, 4) is 0 Å². The number of rotatable bonds is 5. The molecule has 0 radical (unpaired) electrons. The fourth-order valence-electron chi connectivity index (χ4n) is 2.56. The minimum Gasteiger partial charge on any atom is -0.356 e. The zero-order valence-corrected chi connectivity index (χ0v) is 19.0. The summed E-state index contributed by atoms with van der Waals surface area (Å²) in [6, 6.07) is 0. The van der Waals surface area contributed by atoms with Gasteiger partial charge in [0, 0.05) is 37.3 Å². The summed E-state index contributed by atoms with van der Waals surface area (Å²) in [5.41, 5.74) is 0.228. The molecular weight excluding hydrogens is 425 g/mol. The molecule has 1 heterocycles. The lowest BCUT2D eigenvalue weighted by Gasteiger charge is -2.62. The molecule has 1 saturated heterocycles. The summed E-state index contributed by atoms with van der Waals surface area (Å²) >= 11 is 0. The van der Waals surface area contributed by atoms with E-state index in [-0.39, 0.29) is 46.1 Å². The summed E-state index contributed by atoms with van der Waals surface area (Å²) in [4.78, 5) is 6.69. The van der Waals surface area contributed by atoms with Crippen LogP contribution in [0.3, 0.4) is 0 Å². The van der Waals surface area contributed by atoms with Crippen molar-refractivity contribution in [3.05, 3.63) is 0 Å². The molecule has 1 rings (SSSR count). The van der Waals surface area contributed by atoms with Gasteiger partial charge in [-0.2, -0.15) is 0 Å². The molecule has 1 aliphatic rings. The minimum absolute atomic E-state index is 0. The highest BCUT2D eigenvalue weighted by atomic mass is 127. The van der Waals surface area contributed by atoms with E-state index in [4.69, 9.17) is 0 Å². The van der Waals surface area contributed by atoms with Crippen LogP contribution in [0.2, 0.25) is 0 Å². The first kappa shape index (κ1) is 22.9. The van der Waals surface area contributed by atoms with Crippen molar-refractivity contribution in [3.63, 3.8) is 0 Å². The van der Waals surface area contributed by atoms with Crippen molar-refractivity contribution in [1.29, 1.82) is 0 Å². The Hall–Kier alpha value is -0.0500. The average molecular weight is 459 g/mol. The van der Waals surface area contributed by atoms with E-state index in [1.165, 1.54) is 6.26 Å². The van der Waals surface area contributed by atoms with Gasteiger partial charge < -0.3 is 10.2 Å². The Morgan fingerprint density at radius 2 is 1.78 bits per heavy atom. The molecule has 0 saturated carbocycles. The number of halogens is 1. The number of nitrogens with zero attached hydrogens (tertiary/aromatic N) is 2. The van der Waals surface area contributed by atoms with E-state index in [1.807, 2.05) is 0 Å². The maximum Gasteiger partial charge on any atom is 0.194 e. The van der Waals surface area contributed by atoms with E-state index >= 15 is 0 Å². The van der Waals surface area contributed by atoms with Gasteiger partial charge in [0.2, 0.25) is 0 Å². The van der Waals surface area contributed by atoms with Gasteiger partial charge in [-0.05, 0) is 25.7 Å². The zero-order valence-electron chi connectivity index (χ0n) is 15.9. The van der Waals surface area contributed by atoms with Crippen LogP contribution in [0.25, 0.3) is 0 Å². The summed E-state index contributed by atoms with van der Waals surface area (Å²) in [6.07, 6.45) is 1.94. The van der Waals surface area contributed by atoms with Crippen LogP contribution in [0.1, 0.15) is 48.0 Å². The predicted molar refractivity (Wildman–Crippen MR) is 109 cm³/mol. The van der Waals surface area contributed by atoms with Gasteiger partial charge in [-0.25, -0.2) is 8.42 Å². The highest BCUT2D eigenvalue weighted by Crippen LogP contribution is 2.46. The van der Waals surface area contributed by atoms with E-state index < -0.39 is 9.84 Å². The van der Waals surface area contributed by atoms with Crippen LogP contribution in [0, 0.1) is 10.8 Å². The second-order valence-electron chi connectivity index (χ2n) is 8.47. The van der Waals surface area contributed by atoms with Gasteiger partial charge >= 0.3 is 0 Å². The molecular formula is C16H34IN3O2S. The van der Waals surface area contributed by atoms with Crippen LogP contribution in [-0.2, 0) is 9.84 Å². The maximum atomic E-state index is 11.3. The molecule has 0 aromatic carbocycles. The molecule has 23 heavy (non-hydrogen) atoms. The van der Waals surface area contributed by atoms with Gasteiger partial charge in [-0.1, -0.05) is 27.7 Å². The number of likely N-dealkylation sites (tertiary alicyclic amines) is 1. The number of hydrogen-bond donors (Lipinski definition) is 1. The Bertz CT molecular complexity index is 540. The zero-order chi connectivity index (χ0) is 17.4. The summed E-state index contributed by atoms with van der Waals surface area (Å²) < 4.78 is 22.7. The normalized spacial score (nSPS) is 20.5. The molecule has 1 N–H and O–H groups in total. The molecule has 138 valence electrons. The molecule has 7 heteroatoms. The Balaban J connectivity index is 0.00000484. The summed E-state index contributed by atoms with van der Waals surface area (Å²) in [5, 5.41) is 3.42. The Kier molecular flexibility index (Phi) is 7.44. The van der Waals surface area contributed by atoms with Gasteiger partial charge in [0.05, 0.1) is 5.75 Å². The smallest absolute Gasteiger partial charge is 0.194 e. The van der Waals surface area contributed by atoms with Crippen LogP contribution < -0.4 is 5.32 Å². The molecule has 1 fully saturated rings. The first-order valence-electron chi connectivity index (χ1n) is 7.88. The standard InChI is InChI=1S/C16H33N3O2S.HI/c1-14(2,9-10-22(8,20)21)11-18-13(17-7)19-12-15(3,4)16(19,5)6;/h9-12H2,1-8H3,(H,17,18);1H. The Morgan fingerprint density at radius 3 is 2.13 bits per heavy atom. The third-order valence-electron chi connectivity index (χ3n) is 5.23. The molecule has 0 atom stereocenters. The maximum absolute atomic E-state index is 11.3. The van der Waals surface area contributed by atoms with Crippen molar-refractivity contribution in [1.82, 2.24) is 10.2 Å². The van der Waals surface area contributed by atoms with Crippen LogP contribution in [0.15, 0.2) is 4.99 Å². The first-order valence-corrected chi connectivity index (χ1v) is 9.94. The van der Waals surface area contributed by atoms with Gasteiger partial charge in [0.15, 0.2) is 5.96 Å². The second kappa shape index (κ2) is 7.45. The van der Waals surface area contributed by atoms with Gasteiger partial charge in [-0.3, -0.25) is 4.99 Å². The SMILES string of the molecule is CN=C(NCC(C)(C)CCS(C)(=O)=O)N1CC(C)(C)C1(C)C.I. The molecule has 0 bridgehead atoms. The fourth-order valence-corrected chi connectivity index (χ4v) is 3.49. The van der Waals surface area contributed by atoms with E-state index in [0.29, 0.717) is 13.0 Å². The van der Waals surface area contributed by atoms with Crippen LogP contribution in [-0.4, -0.2) is 57.0 Å². The van der Waals surface area contributed by atoms with E-state index in [0.717, 1.165) is 12.5 Å². The van der Waals surface area contributed by atoms with Crippen molar-refractivity contribution >= 4 is 39.8 Å². The number of hydrogen-bond acceptors (Lipinski definition) is 3. The Labute approximate surface area is 159 Å². The van der Waals surface area contributed by atoms with Crippen LogP contribution in [0.4, 0.5) is 0 Å². The molecule has 0 aromatic rings. The lowest BCUT2D eigenvalue weighted by molar-refractivity contribution is -0.0669. The number of nitrogens with one attached hydrogen (secondary N) is 1. The van der Waals surface area contributed by atoms with Gasteiger partial charge in [-0.15, -0.1) is 24.0 Å². The Morgan fingerprint density at radius 1 is 1.26 bits per heavy atom. The summed E-state index contributed by atoms with van der Waals surface area (Å²) in [7, 11) is -1.11. The predicted octanol–water partition coefficient (Wildman–Crippen LogP) is 2.76. The molecule has 0 aliphatic carbocycles. The van der Waals surface area contributed by atoms with Gasteiger partial charge in [0.1, 0.15) is 9.84 Å². The fraction of sp³-hybridized carbons (Fsp3) is 0.938. The lowest BCUT2D eigenvalue weighted by atomic mass is 9.65. The molecule has 0 spiro atoms. The highest BCUT2D eigenvalue weighted by molar-refractivity contribution is 14.0. The largest absolute Gasteiger partial charge is 0.356 e. The van der Waals surface area contributed by atoms with E-state index in [1.54, 1.807) is 7.05 Å². The molecule has 5 nitrogen and oxygen atoms in total. The first-order chi connectivity index (χ1) is 9.72. The summed E-state index contributed by atoms with van der Waals surface area (Å²) in [6.45, 7) is 14.9. The van der Waals surface area contributed by atoms with Gasteiger partial charge in [0.25, 0.3) is 0 Å². The molecule has 1 aliphatic heterocycles. The third-order valence-corrected chi connectivity index (χ3v) is 6.17. The number of aliphatic imine (C=N–C) groups is 1. The van der Waals surface area contributed by atoms with Crippen molar-refractivity contribution in [2.24, 2.45) is 15.8 Å². The monoisotopic (exact) mass is 459 g/mol. The van der Waals surface area contributed by atoms with E-state index in [2.05, 4.69) is 56.8 Å². The lowest BCUT2D eigenvalue weighted by Crippen LogP contribution is -2.72. The highest BCUT2D eigenvalue weighted by Gasteiger charge is 2.53. The number of sulfone groups is 1. The molecule has 0 amide bonds. The number of guanidine groups is 1. The quantitative estimate of drug-likeness (QED) is 0.390. The average Bonchev–Trinajstić information content (AvgIpc) is 2.35. The molecule has 0 unspecified atom stereocenters. The molecule has 0 aromatic heterocycles. The van der Waals surface area contributed by atoms with Crippen molar-refractivity contribution in [2.45, 2.75) is 53.5 Å².